The lowest BCUT2D eigenvalue weighted by atomic mass is 9.74. The summed E-state index contributed by atoms with van der Waals surface area (Å²) in [6.07, 6.45) is 5.11. The average molecular weight is 245 g/mol. The molecule has 0 aromatic carbocycles. The predicted octanol–water partition coefficient (Wildman–Crippen LogP) is 3.95. The van der Waals surface area contributed by atoms with E-state index in [-0.39, 0.29) is 11.7 Å². The van der Waals surface area contributed by atoms with Crippen molar-refractivity contribution in [2.24, 2.45) is 17.8 Å². The van der Waals surface area contributed by atoms with E-state index in [1.54, 1.807) is 6.20 Å². The van der Waals surface area contributed by atoms with Crippen molar-refractivity contribution in [3.63, 3.8) is 0 Å². The van der Waals surface area contributed by atoms with Crippen molar-refractivity contribution in [3.8, 4) is 0 Å². The van der Waals surface area contributed by atoms with E-state index in [2.05, 4.69) is 24.9 Å². The van der Waals surface area contributed by atoms with Crippen LogP contribution in [0.15, 0.2) is 12.3 Å². The second kappa shape index (κ2) is 5.21. The van der Waals surface area contributed by atoms with E-state index in [0.717, 1.165) is 24.0 Å². The Bertz CT molecular complexity index is 442. The molecular formula is C16H23NO. The molecule has 1 aromatic rings. The molecule has 2 nitrogen and oxygen atoms in total. The number of Topliss-reactive ketones (excluding diaryl/α,β-unsaturated/α-hetero) is 1. The lowest BCUT2D eigenvalue weighted by Crippen LogP contribution is -2.27. The van der Waals surface area contributed by atoms with Crippen LogP contribution < -0.4 is 0 Å². The molecule has 0 bridgehead atoms. The van der Waals surface area contributed by atoms with Crippen LogP contribution in [0.4, 0.5) is 0 Å². The first-order valence-electron chi connectivity index (χ1n) is 6.94. The number of pyridine rings is 1. The van der Waals surface area contributed by atoms with Crippen LogP contribution in [0, 0.1) is 31.6 Å². The molecule has 2 unspecified atom stereocenters. The molecule has 1 aliphatic carbocycles. The normalized spacial score (nSPS) is 28.1. The SMILES string of the molecule is Cc1cnc(C(=O)C2CC(C)CC(C)C2)c(C)c1. The molecule has 2 heteroatoms. The fourth-order valence-electron chi connectivity index (χ4n) is 3.33. The summed E-state index contributed by atoms with van der Waals surface area (Å²) in [7, 11) is 0. The molecule has 18 heavy (non-hydrogen) atoms. The Balaban J connectivity index is 2.20. The van der Waals surface area contributed by atoms with Crippen molar-refractivity contribution in [1.29, 1.82) is 0 Å². The van der Waals surface area contributed by atoms with Gasteiger partial charge in [0.1, 0.15) is 5.69 Å². The minimum Gasteiger partial charge on any atom is -0.292 e. The second-order valence-electron chi connectivity index (χ2n) is 6.16. The number of nitrogens with zero attached hydrogens (tertiary/aromatic N) is 1. The van der Waals surface area contributed by atoms with Gasteiger partial charge in [-0.3, -0.25) is 9.78 Å². The molecule has 0 aliphatic heterocycles. The van der Waals surface area contributed by atoms with Gasteiger partial charge in [-0.05, 0) is 56.1 Å². The van der Waals surface area contributed by atoms with Gasteiger partial charge in [0.25, 0.3) is 0 Å². The highest BCUT2D eigenvalue weighted by Crippen LogP contribution is 2.34. The predicted molar refractivity (Wildman–Crippen MR) is 73.7 cm³/mol. The quantitative estimate of drug-likeness (QED) is 0.738. The van der Waals surface area contributed by atoms with Gasteiger partial charge < -0.3 is 0 Å². The van der Waals surface area contributed by atoms with Crippen LogP contribution in [-0.2, 0) is 0 Å². The molecule has 1 fully saturated rings. The zero-order chi connectivity index (χ0) is 13.3. The molecular weight excluding hydrogens is 222 g/mol. The summed E-state index contributed by atoms with van der Waals surface area (Å²) in [5.74, 6) is 1.76. The molecule has 2 atom stereocenters. The van der Waals surface area contributed by atoms with Crippen molar-refractivity contribution < 1.29 is 4.79 Å². The summed E-state index contributed by atoms with van der Waals surface area (Å²) in [5, 5.41) is 0. The Morgan fingerprint density at radius 2 is 1.78 bits per heavy atom. The molecule has 98 valence electrons. The maximum absolute atomic E-state index is 12.6. The second-order valence-corrected chi connectivity index (χ2v) is 6.16. The lowest BCUT2D eigenvalue weighted by Gasteiger charge is -2.30. The summed E-state index contributed by atoms with van der Waals surface area (Å²) >= 11 is 0. The van der Waals surface area contributed by atoms with Gasteiger partial charge in [0.05, 0.1) is 0 Å². The summed E-state index contributed by atoms with van der Waals surface area (Å²) in [6.45, 7) is 8.51. The lowest BCUT2D eigenvalue weighted by molar-refractivity contribution is 0.0830. The van der Waals surface area contributed by atoms with Crippen molar-refractivity contribution in [1.82, 2.24) is 4.98 Å². The van der Waals surface area contributed by atoms with Crippen molar-refractivity contribution >= 4 is 5.78 Å². The highest BCUT2D eigenvalue weighted by Gasteiger charge is 2.30. The molecule has 0 spiro atoms. The molecule has 2 rings (SSSR count). The van der Waals surface area contributed by atoms with E-state index >= 15 is 0 Å². The first kappa shape index (κ1) is 13.3. The first-order chi connectivity index (χ1) is 8.47. The summed E-state index contributed by atoms with van der Waals surface area (Å²) in [4.78, 5) is 16.9. The molecule has 0 radical (unpaired) electrons. The topological polar surface area (TPSA) is 30.0 Å². The Hall–Kier alpha value is -1.18. The minimum atomic E-state index is 0.178. The monoisotopic (exact) mass is 245 g/mol. The highest BCUT2D eigenvalue weighted by atomic mass is 16.1. The van der Waals surface area contributed by atoms with Crippen LogP contribution in [0.3, 0.4) is 0 Å². The van der Waals surface area contributed by atoms with E-state index < -0.39 is 0 Å². The Labute approximate surface area is 110 Å². The minimum absolute atomic E-state index is 0.178. The number of aryl methyl sites for hydroxylation is 2. The number of hydrogen-bond acceptors (Lipinski definition) is 2. The van der Waals surface area contributed by atoms with Crippen LogP contribution in [0.2, 0.25) is 0 Å². The summed E-state index contributed by atoms with van der Waals surface area (Å²) in [5.41, 5.74) is 2.83. The molecule has 0 amide bonds. The van der Waals surface area contributed by atoms with Crippen LogP contribution in [0.25, 0.3) is 0 Å². The Kier molecular flexibility index (Phi) is 3.84. The zero-order valence-corrected chi connectivity index (χ0v) is 11.9. The Morgan fingerprint density at radius 3 is 2.33 bits per heavy atom. The summed E-state index contributed by atoms with van der Waals surface area (Å²) in [6, 6.07) is 2.05. The molecule has 0 N–H and O–H groups in total. The molecule has 0 saturated heterocycles. The largest absolute Gasteiger partial charge is 0.292 e. The zero-order valence-electron chi connectivity index (χ0n) is 11.9. The van der Waals surface area contributed by atoms with Gasteiger partial charge in [-0.1, -0.05) is 19.9 Å². The molecule has 1 saturated carbocycles. The average Bonchev–Trinajstić information content (AvgIpc) is 2.26. The van der Waals surface area contributed by atoms with E-state index in [4.69, 9.17) is 0 Å². The number of rotatable bonds is 2. The van der Waals surface area contributed by atoms with Gasteiger partial charge in [0.2, 0.25) is 0 Å². The number of hydrogen-bond donors (Lipinski definition) is 0. The van der Waals surface area contributed by atoms with Gasteiger partial charge in [-0.25, -0.2) is 0 Å². The van der Waals surface area contributed by atoms with Gasteiger partial charge in [-0.15, -0.1) is 0 Å². The third-order valence-corrected chi connectivity index (χ3v) is 4.00. The Morgan fingerprint density at radius 1 is 1.17 bits per heavy atom. The number of carbonyl (C=O) groups is 1. The maximum Gasteiger partial charge on any atom is 0.184 e. The van der Waals surface area contributed by atoms with Crippen LogP contribution in [-0.4, -0.2) is 10.8 Å². The highest BCUT2D eigenvalue weighted by molar-refractivity contribution is 5.97. The van der Waals surface area contributed by atoms with Crippen LogP contribution >= 0.6 is 0 Å². The van der Waals surface area contributed by atoms with Crippen molar-refractivity contribution in [2.75, 3.05) is 0 Å². The third-order valence-electron chi connectivity index (χ3n) is 4.00. The smallest absolute Gasteiger partial charge is 0.184 e. The van der Waals surface area contributed by atoms with Gasteiger partial charge in [-0.2, -0.15) is 0 Å². The number of ketones is 1. The summed E-state index contributed by atoms with van der Waals surface area (Å²) < 4.78 is 0. The molecule has 1 aromatic heterocycles. The van der Waals surface area contributed by atoms with Crippen LogP contribution in [0.5, 0.6) is 0 Å². The third kappa shape index (κ3) is 2.80. The van der Waals surface area contributed by atoms with Crippen molar-refractivity contribution in [3.05, 3.63) is 29.1 Å². The maximum atomic E-state index is 12.6. The first-order valence-corrected chi connectivity index (χ1v) is 6.94. The van der Waals surface area contributed by atoms with Crippen LogP contribution in [0.1, 0.15) is 54.7 Å². The number of aromatic nitrogens is 1. The fraction of sp³-hybridized carbons (Fsp3) is 0.625. The number of carbonyl (C=O) groups excluding carboxylic acids is 1. The van der Waals surface area contributed by atoms with E-state index in [0.29, 0.717) is 17.5 Å². The van der Waals surface area contributed by atoms with Gasteiger partial charge >= 0.3 is 0 Å². The van der Waals surface area contributed by atoms with E-state index in [1.807, 2.05) is 13.8 Å². The van der Waals surface area contributed by atoms with E-state index in [9.17, 15) is 4.79 Å². The van der Waals surface area contributed by atoms with Gasteiger partial charge in [0.15, 0.2) is 5.78 Å². The van der Waals surface area contributed by atoms with Gasteiger partial charge in [0, 0.05) is 12.1 Å². The fourth-order valence-corrected chi connectivity index (χ4v) is 3.33. The standard InChI is InChI=1S/C16H23NO/c1-10-5-11(2)8-14(7-10)16(18)15-13(4)6-12(3)9-17-15/h6,9-11,14H,5,7-8H2,1-4H3. The van der Waals surface area contributed by atoms with Crippen molar-refractivity contribution in [2.45, 2.75) is 47.0 Å². The van der Waals surface area contributed by atoms with E-state index in [1.165, 1.54) is 6.42 Å². The molecule has 1 aliphatic rings. The molecule has 1 heterocycles.